The summed E-state index contributed by atoms with van der Waals surface area (Å²) in [5, 5.41) is 9.13. The van der Waals surface area contributed by atoms with E-state index in [9.17, 15) is 26.4 Å². The van der Waals surface area contributed by atoms with E-state index in [0.29, 0.717) is 24.8 Å². The maximum absolute atomic E-state index is 13.4. The van der Waals surface area contributed by atoms with E-state index < -0.39 is 28.2 Å². The van der Waals surface area contributed by atoms with Crippen molar-refractivity contribution in [2.75, 3.05) is 13.1 Å². The van der Waals surface area contributed by atoms with Crippen molar-refractivity contribution in [2.45, 2.75) is 53.5 Å². The lowest BCUT2D eigenvalue weighted by Crippen LogP contribution is -2.40. The number of ether oxygens (including phenoxy) is 1. The summed E-state index contributed by atoms with van der Waals surface area (Å²) in [5.41, 5.74) is 1.93. The molecule has 1 heterocycles. The molecule has 34 heavy (non-hydrogen) atoms. The number of halogens is 3. The predicted molar refractivity (Wildman–Crippen MR) is 120 cm³/mol. The highest BCUT2D eigenvalue weighted by Crippen LogP contribution is 2.35. The summed E-state index contributed by atoms with van der Waals surface area (Å²) >= 11 is 1.48. The Labute approximate surface area is 200 Å². The predicted octanol–water partition coefficient (Wildman–Crippen LogP) is 4.53. The van der Waals surface area contributed by atoms with Crippen molar-refractivity contribution < 1.29 is 36.3 Å². The summed E-state index contributed by atoms with van der Waals surface area (Å²) in [6, 6.07) is 11.9. The number of carbonyl (C=O) groups excluding carboxylic acids is 1. The number of carbonyl (C=O) groups is 1. The van der Waals surface area contributed by atoms with Crippen molar-refractivity contribution in [3.8, 4) is 5.75 Å². The average Bonchev–Trinajstić information content (AvgIpc) is 2.80. The molecule has 0 radical (unpaired) electrons. The second-order valence-electron chi connectivity index (χ2n) is 7.72. The first-order chi connectivity index (χ1) is 16.0. The molecule has 1 amide bonds. The molecule has 186 valence electrons. The van der Waals surface area contributed by atoms with Gasteiger partial charge in [0, 0.05) is 23.2 Å². The molecule has 3 rings (SSSR count). The summed E-state index contributed by atoms with van der Waals surface area (Å²) in [6.45, 7) is 2.27. The van der Waals surface area contributed by atoms with Crippen LogP contribution in [0.1, 0.15) is 37.7 Å². The van der Waals surface area contributed by atoms with Gasteiger partial charge in [0.25, 0.3) is 5.91 Å². The van der Waals surface area contributed by atoms with Crippen molar-refractivity contribution in [1.82, 2.24) is 9.79 Å². The van der Waals surface area contributed by atoms with Gasteiger partial charge >= 0.3 is 6.36 Å². The van der Waals surface area contributed by atoms with Gasteiger partial charge in [-0.25, -0.2) is 13.9 Å². The third-order valence-corrected chi connectivity index (χ3v) is 8.83. The summed E-state index contributed by atoms with van der Waals surface area (Å²) in [4.78, 5) is 12.9. The fourth-order valence-electron chi connectivity index (χ4n) is 3.87. The lowest BCUT2D eigenvalue weighted by Gasteiger charge is -2.32. The third-order valence-electron chi connectivity index (χ3n) is 5.51. The van der Waals surface area contributed by atoms with Crippen LogP contribution in [0.3, 0.4) is 0 Å². The molecule has 1 unspecified atom stereocenters. The first-order valence-electron chi connectivity index (χ1n) is 10.6. The Morgan fingerprint density at radius 1 is 1.18 bits per heavy atom. The standard InChI is InChI=1S/C22H25F3N2O5S2/c1-2-18(21(28)26-29)19-5-3-4-6-20(19)34(30,31)27-13-11-17(12-14-27)33-16-9-7-15(8-10-16)32-22(23,24)25/h3-10,17-18,29H,2,11-14H2,1H3,(H,26,28). The molecular weight excluding hydrogens is 493 g/mol. The van der Waals surface area contributed by atoms with Gasteiger partial charge in [0.1, 0.15) is 5.75 Å². The Bertz CT molecular complexity index is 1090. The van der Waals surface area contributed by atoms with Gasteiger partial charge in [-0.1, -0.05) is 25.1 Å². The molecule has 0 aliphatic carbocycles. The van der Waals surface area contributed by atoms with E-state index in [0.717, 1.165) is 4.90 Å². The molecular formula is C22H25F3N2O5S2. The Morgan fingerprint density at radius 2 is 1.79 bits per heavy atom. The van der Waals surface area contributed by atoms with Crippen LogP contribution in [0.4, 0.5) is 13.2 Å². The Hall–Kier alpha value is -2.28. The number of nitrogens with zero attached hydrogens (tertiary/aromatic N) is 1. The molecule has 0 spiro atoms. The molecule has 1 fully saturated rings. The Balaban J connectivity index is 1.67. The molecule has 2 N–H and O–H groups in total. The van der Waals surface area contributed by atoms with E-state index in [1.807, 2.05) is 0 Å². The highest BCUT2D eigenvalue weighted by Gasteiger charge is 2.34. The van der Waals surface area contributed by atoms with E-state index in [1.54, 1.807) is 42.7 Å². The van der Waals surface area contributed by atoms with Crippen LogP contribution < -0.4 is 10.2 Å². The number of piperidine rings is 1. The van der Waals surface area contributed by atoms with Gasteiger partial charge in [0.05, 0.1) is 10.8 Å². The van der Waals surface area contributed by atoms with Crippen molar-refractivity contribution in [1.29, 1.82) is 0 Å². The van der Waals surface area contributed by atoms with Gasteiger partial charge in [-0.15, -0.1) is 24.9 Å². The van der Waals surface area contributed by atoms with Crippen LogP contribution in [0.5, 0.6) is 5.75 Å². The number of thioether (sulfide) groups is 1. The number of sulfonamides is 1. The molecule has 2 aromatic carbocycles. The first-order valence-corrected chi connectivity index (χ1v) is 12.9. The smallest absolute Gasteiger partial charge is 0.406 e. The lowest BCUT2D eigenvalue weighted by molar-refractivity contribution is -0.274. The average molecular weight is 519 g/mol. The third kappa shape index (κ3) is 6.44. The highest BCUT2D eigenvalue weighted by atomic mass is 32.2. The second-order valence-corrected chi connectivity index (χ2v) is 11.0. The van der Waals surface area contributed by atoms with E-state index in [4.69, 9.17) is 5.21 Å². The number of rotatable bonds is 8. The quantitative estimate of drug-likeness (QED) is 0.394. The van der Waals surface area contributed by atoms with Crippen molar-refractivity contribution in [2.24, 2.45) is 0 Å². The molecule has 7 nitrogen and oxygen atoms in total. The summed E-state index contributed by atoms with van der Waals surface area (Å²) in [7, 11) is -3.87. The molecule has 0 aromatic heterocycles. The van der Waals surface area contributed by atoms with Crippen LogP contribution in [0.15, 0.2) is 58.3 Å². The van der Waals surface area contributed by atoms with E-state index in [1.165, 1.54) is 34.3 Å². The Kier molecular flexibility index (Phi) is 8.50. The minimum Gasteiger partial charge on any atom is -0.406 e. The topological polar surface area (TPSA) is 95.9 Å². The highest BCUT2D eigenvalue weighted by molar-refractivity contribution is 8.00. The summed E-state index contributed by atoms with van der Waals surface area (Å²) in [6.07, 6.45) is -3.32. The van der Waals surface area contributed by atoms with Crippen LogP contribution in [0, 0.1) is 0 Å². The number of hydroxylamine groups is 1. The minimum atomic E-state index is -4.75. The number of benzene rings is 2. The minimum absolute atomic E-state index is 0.0387. The number of alkyl halides is 3. The molecule has 1 saturated heterocycles. The zero-order valence-electron chi connectivity index (χ0n) is 18.3. The second kappa shape index (κ2) is 11.0. The number of nitrogens with one attached hydrogen (secondary N) is 1. The summed E-state index contributed by atoms with van der Waals surface area (Å²) in [5.74, 6) is -1.78. The maximum Gasteiger partial charge on any atom is 0.573 e. The summed E-state index contributed by atoms with van der Waals surface area (Å²) < 4.78 is 68.9. The van der Waals surface area contributed by atoms with E-state index in [2.05, 4.69) is 4.74 Å². The molecule has 2 aromatic rings. The van der Waals surface area contributed by atoms with Crippen LogP contribution >= 0.6 is 11.8 Å². The van der Waals surface area contributed by atoms with E-state index in [-0.39, 0.29) is 29.0 Å². The van der Waals surface area contributed by atoms with Gasteiger partial charge in [0.2, 0.25) is 10.0 Å². The maximum atomic E-state index is 13.4. The van der Waals surface area contributed by atoms with Crippen LogP contribution in [0.25, 0.3) is 0 Å². The first kappa shape index (κ1) is 26.3. The van der Waals surface area contributed by atoms with Gasteiger partial charge in [-0.3, -0.25) is 10.0 Å². The zero-order valence-corrected chi connectivity index (χ0v) is 19.9. The van der Waals surface area contributed by atoms with Crippen molar-refractivity contribution >= 4 is 27.7 Å². The fraction of sp³-hybridized carbons (Fsp3) is 0.409. The fourth-order valence-corrected chi connectivity index (χ4v) is 6.72. The van der Waals surface area contributed by atoms with Gasteiger partial charge in [-0.2, -0.15) is 4.31 Å². The zero-order chi connectivity index (χ0) is 24.9. The van der Waals surface area contributed by atoms with Crippen molar-refractivity contribution in [3.05, 3.63) is 54.1 Å². The van der Waals surface area contributed by atoms with Gasteiger partial charge in [-0.05, 0) is 55.2 Å². The normalized spacial score (nSPS) is 16.7. The van der Waals surface area contributed by atoms with Crippen molar-refractivity contribution in [3.63, 3.8) is 0 Å². The number of amides is 1. The molecule has 1 aliphatic rings. The molecule has 12 heteroatoms. The van der Waals surface area contributed by atoms with Crippen LogP contribution in [0.2, 0.25) is 0 Å². The molecule has 0 saturated carbocycles. The molecule has 0 bridgehead atoms. The molecule has 1 aliphatic heterocycles. The van der Waals surface area contributed by atoms with Gasteiger partial charge in [0.15, 0.2) is 0 Å². The largest absolute Gasteiger partial charge is 0.573 e. The monoisotopic (exact) mass is 518 g/mol. The molecule has 1 atom stereocenters. The number of hydrogen-bond acceptors (Lipinski definition) is 6. The van der Waals surface area contributed by atoms with E-state index >= 15 is 0 Å². The Morgan fingerprint density at radius 3 is 2.35 bits per heavy atom. The SMILES string of the molecule is CCC(C(=O)NO)c1ccccc1S(=O)(=O)N1CCC(Sc2ccc(OC(F)(F)F)cc2)CC1. The van der Waals surface area contributed by atoms with Crippen LogP contribution in [-0.2, 0) is 14.8 Å². The van der Waals surface area contributed by atoms with Gasteiger partial charge < -0.3 is 4.74 Å². The number of hydrogen-bond donors (Lipinski definition) is 2. The lowest BCUT2D eigenvalue weighted by atomic mass is 9.96. The van der Waals surface area contributed by atoms with Crippen LogP contribution in [-0.4, -0.2) is 48.5 Å².